The third-order valence-corrected chi connectivity index (χ3v) is 5.05. The summed E-state index contributed by atoms with van der Waals surface area (Å²) in [6, 6.07) is 4.90. The molecule has 3 rings (SSSR count). The number of hydrogen-bond donors (Lipinski definition) is 3. The van der Waals surface area contributed by atoms with E-state index in [1.807, 2.05) is 0 Å². The number of carbonyl (C=O) groups is 1. The number of fused-ring (bicyclic) bond motifs is 1. The Kier molecular flexibility index (Phi) is 3.74. The Balaban J connectivity index is 1.85. The summed E-state index contributed by atoms with van der Waals surface area (Å²) in [7, 11) is -1.12. The maximum atomic E-state index is 11.2. The molecule has 1 unspecified atom stereocenters. The molecule has 0 fully saturated rings. The fraction of sp³-hybridized carbons (Fsp3) is 0.182. The molecule has 108 valence electrons. The number of benzene rings is 1. The Morgan fingerprint density at radius 1 is 1.52 bits per heavy atom. The maximum Gasteiger partial charge on any atom is 0.537 e. The summed E-state index contributed by atoms with van der Waals surface area (Å²) in [6.07, 6.45) is 0.474. The molecule has 1 aliphatic heterocycles. The summed E-state index contributed by atoms with van der Waals surface area (Å²) in [5.74, 6) is -0.854. The molecule has 0 saturated heterocycles. The second kappa shape index (κ2) is 5.55. The molecule has 2 heterocycles. The van der Waals surface area contributed by atoms with Crippen LogP contribution in [-0.4, -0.2) is 38.6 Å². The third kappa shape index (κ3) is 2.82. The lowest BCUT2D eigenvalue weighted by Gasteiger charge is -2.27. The van der Waals surface area contributed by atoms with Crippen molar-refractivity contribution in [3.63, 3.8) is 0 Å². The largest absolute Gasteiger partial charge is 0.537 e. The van der Waals surface area contributed by atoms with Gasteiger partial charge in [0.2, 0.25) is 5.13 Å². The Morgan fingerprint density at radius 3 is 3.00 bits per heavy atom. The van der Waals surface area contributed by atoms with E-state index in [-0.39, 0.29) is 16.5 Å². The number of para-hydroxylation sites is 1. The highest BCUT2D eigenvalue weighted by Gasteiger charge is 2.38. The van der Waals surface area contributed by atoms with Crippen molar-refractivity contribution in [1.82, 2.24) is 10.2 Å². The standard InChI is InChI=1S/C11H10BN3O4S2/c13-10-14-15-11(21-10)20-7-4-5-2-1-3-6(9(16)17)8(5)19-12(7)18/h1-3,7,18H,4H2,(H2,13,14)(H,16,17). The summed E-state index contributed by atoms with van der Waals surface area (Å²) in [4.78, 5) is 11.2. The predicted octanol–water partition coefficient (Wildman–Crippen LogP) is 0.934. The van der Waals surface area contributed by atoms with Crippen LogP contribution in [0.3, 0.4) is 0 Å². The number of aromatic carboxylic acids is 1. The van der Waals surface area contributed by atoms with Gasteiger partial charge in [0.25, 0.3) is 0 Å². The lowest BCUT2D eigenvalue weighted by atomic mass is 9.77. The van der Waals surface area contributed by atoms with Gasteiger partial charge >= 0.3 is 13.1 Å². The van der Waals surface area contributed by atoms with Crippen LogP contribution in [0.5, 0.6) is 5.75 Å². The number of hydrogen-bond acceptors (Lipinski definition) is 8. The molecule has 0 bridgehead atoms. The van der Waals surface area contributed by atoms with E-state index < -0.39 is 13.1 Å². The Bertz CT molecular complexity index is 696. The van der Waals surface area contributed by atoms with Gasteiger partial charge in [-0.3, -0.25) is 0 Å². The van der Waals surface area contributed by atoms with E-state index in [2.05, 4.69) is 10.2 Å². The highest BCUT2D eigenvalue weighted by atomic mass is 32.2. The van der Waals surface area contributed by atoms with Gasteiger partial charge in [-0.15, -0.1) is 10.2 Å². The van der Waals surface area contributed by atoms with Gasteiger partial charge in [0.1, 0.15) is 5.75 Å². The lowest BCUT2D eigenvalue weighted by Crippen LogP contribution is -2.40. The first-order valence-corrected chi connectivity index (χ1v) is 7.70. The van der Waals surface area contributed by atoms with Crippen LogP contribution in [0.15, 0.2) is 22.5 Å². The smallest absolute Gasteiger partial charge is 0.535 e. The van der Waals surface area contributed by atoms with E-state index in [4.69, 9.17) is 15.5 Å². The molecule has 0 radical (unpaired) electrons. The summed E-state index contributed by atoms with van der Waals surface area (Å²) in [6.45, 7) is 0. The molecule has 0 spiro atoms. The van der Waals surface area contributed by atoms with Gasteiger partial charge in [-0.05, 0) is 18.1 Å². The maximum absolute atomic E-state index is 11.2. The van der Waals surface area contributed by atoms with Crippen molar-refractivity contribution in [2.75, 3.05) is 5.73 Å². The summed E-state index contributed by atoms with van der Waals surface area (Å²) in [5.41, 5.74) is 6.32. The quantitative estimate of drug-likeness (QED) is 0.714. The van der Waals surface area contributed by atoms with Gasteiger partial charge in [-0.25, -0.2) is 4.79 Å². The van der Waals surface area contributed by atoms with E-state index in [0.717, 1.165) is 5.56 Å². The predicted molar refractivity (Wildman–Crippen MR) is 79.7 cm³/mol. The fourth-order valence-corrected chi connectivity index (χ4v) is 4.01. The summed E-state index contributed by atoms with van der Waals surface area (Å²) in [5, 5.41) is 26.9. The number of aromatic nitrogens is 2. The van der Waals surface area contributed by atoms with Crippen LogP contribution >= 0.6 is 23.1 Å². The number of nitrogens with zero attached hydrogens (tertiary/aromatic N) is 2. The van der Waals surface area contributed by atoms with Crippen LogP contribution in [0.1, 0.15) is 15.9 Å². The molecule has 1 atom stereocenters. The van der Waals surface area contributed by atoms with Gasteiger partial charge in [0.05, 0.1) is 10.7 Å². The van der Waals surface area contributed by atoms with Crippen molar-refractivity contribution in [2.24, 2.45) is 0 Å². The van der Waals surface area contributed by atoms with Gasteiger partial charge in [0.15, 0.2) is 4.34 Å². The van der Waals surface area contributed by atoms with Gasteiger partial charge in [0, 0.05) is 0 Å². The van der Waals surface area contributed by atoms with Crippen molar-refractivity contribution >= 4 is 41.3 Å². The number of carboxylic acid groups (broad SMARTS) is 1. The van der Waals surface area contributed by atoms with Crippen LogP contribution < -0.4 is 10.4 Å². The molecule has 4 N–H and O–H groups in total. The van der Waals surface area contributed by atoms with E-state index in [9.17, 15) is 9.82 Å². The molecule has 21 heavy (non-hydrogen) atoms. The number of carboxylic acids is 1. The fourth-order valence-electron chi connectivity index (χ4n) is 2.06. The summed E-state index contributed by atoms with van der Waals surface area (Å²) >= 11 is 2.54. The molecule has 1 aromatic carbocycles. The third-order valence-electron chi connectivity index (χ3n) is 2.98. The Morgan fingerprint density at radius 2 is 2.33 bits per heavy atom. The lowest BCUT2D eigenvalue weighted by molar-refractivity contribution is 0.0694. The molecular formula is C11H10BN3O4S2. The Labute approximate surface area is 128 Å². The van der Waals surface area contributed by atoms with Crippen LogP contribution in [0.2, 0.25) is 0 Å². The minimum absolute atomic E-state index is 0.0511. The van der Waals surface area contributed by atoms with Gasteiger partial charge in [-0.2, -0.15) is 0 Å². The topological polar surface area (TPSA) is 119 Å². The molecule has 10 heteroatoms. The van der Waals surface area contributed by atoms with E-state index >= 15 is 0 Å². The second-order valence-corrected chi connectivity index (χ2v) is 6.87. The van der Waals surface area contributed by atoms with E-state index in [1.165, 1.54) is 29.2 Å². The zero-order valence-corrected chi connectivity index (χ0v) is 12.2. The highest BCUT2D eigenvalue weighted by Crippen LogP contribution is 2.37. The molecule has 2 aromatic rings. The van der Waals surface area contributed by atoms with E-state index in [1.54, 1.807) is 12.1 Å². The average Bonchev–Trinajstić information content (AvgIpc) is 2.84. The summed E-state index contributed by atoms with van der Waals surface area (Å²) < 4.78 is 6.03. The van der Waals surface area contributed by atoms with Crippen molar-refractivity contribution < 1.29 is 19.6 Å². The van der Waals surface area contributed by atoms with Gasteiger partial charge in [-0.1, -0.05) is 35.2 Å². The average molecular weight is 323 g/mol. The highest BCUT2D eigenvalue weighted by molar-refractivity contribution is 8.02. The first kappa shape index (κ1) is 14.2. The van der Waals surface area contributed by atoms with Crippen LogP contribution in [0, 0.1) is 0 Å². The minimum Gasteiger partial charge on any atom is -0.535 e. The van der Waals surface area contributed by atoms with Gasteiger partial charge < -0.3 is 20.5 Å². The Hall–Kier alpha value is -1.78. The first-order chi connectivity index (χ1) is 10.0. The van der Waals surface area contributed by atoms with Crippen molar-refractivity contribution in [2.45, 2.75) is 15.9 Å². The second-order valence-electron chi connectivity index (χ2n) is 4.37. The number of anilines is 1. The molecule has 0 saturated carbocycles. The number of thioether (sulfide) groups is 1. The molecule has 0 aliphatic carbocycles. The normalized spacial score (nSPS) is 17.2. The molecular weight excluding hydrogens is 313 g/mol. The number of nitrogen functional groups attached to an aromatic ring is 1. The number of nitrogens with two attached hydrogens (primary N) is 1. The van der Waals surface area contributed by atoms with Crippen LogP contribution in [0.4, 0.5) is 5.13 Å². The van der Waals surface area contributed by atoms with Crippen LogP contribution in [-0.2, 0) is 6.42 Å². The molecule has 7 nitrogen and oxygen atoms in total. The monoisotopic (exact) mass is 323 g/mol. The van der Waals surface area contributed by atoms with Crippen LogP contribution in [0.25, 0.3) is 0 Å². The molecule has 0 amide bonds. The van der Waals surface area contributed by atoms with Crippen molar-refractivity contribution in [1.29, 1.82) is 0 Å². The van der Waals surface area contributed by atoms with Crippen molar-refractivity contribution in [3.05, 3.63) is 29.3 Å². The SMILES string of the molecule is Nc1nnc(SC2Cc3cccc(C(=O)O)c3OB2O)s1. The van der Waals surface area contributed by atoms with Crippen molar-refractivity contribution in [3.8, 4) is 5.75 Å². The molecule has 1 aliphatic rings. The number of rotatable bonds is 3. The zero-order chi connectivity index (χ0) is 15.0. The first-order valence-electron chi connectivity index (χ1n) is 6.00. The molecule has 1 aromatic heterocycles. The minimum atomic E-state index is -1.12. The zero-order valence-electron chi connectivity index (χ0n) is 10.6. The van der Waals surface area contributed by atoms with E-state index in [0.29, 0.717) is 15.9 Å².